The van der Waals surface area contributed by atoms with Gasteiger partial charge in [0.05, 0.1) is 20.5 Å². The predicted molar refractivity (Wildman–Crippen MR) is 106 cm³/mol. The Balaban J connectivity index is 3.41. The van der Waals surface area contributed by atoms with Crippen molar-refractivity contribution >= 4 is 5.91 Å². The molecule has 0 aliphatic heterocycles. The average molecular weight is 342 g/mol. The number of hydrogen-bond donors (Lipinski definition) is 1. The molecule has 3 nitrogen and oxygen atoms in total. The maximum atomic E-state index is 12.3. The predicted octanol–water partition coefficient (Wildman–Crippen LogP) is 5.77. The first-order valence-electron chi connectivity index (χ1n) is 10.6. The summed E-state index contributed by atoms with van der Waals surface area (Å²) in [6.45, 7) is 4.32. The van der Waals surface area contributed by atoms with E-state index in [0.717, 1.165) is 12.8 Å². The molecule has 2 N–H and O–H groups in total. The van der Waals surface area contributed by atoms with Gasteiger partial charge in [-0.2, -0.15) is 0 Å². The van der Waals surface area contributed by atoms with Crippen molar-refractivity contribution in [2.45, 2.75) is 116 Å². The average Bonchev–Trinajstić information content (AvgIpc) is 2.57. The molecule has 0 saturated heterocycles. The molecular formula is C21H45N2O+. The third-order valence-corrected chi connectivity index (χ3v) is 5.38. The van der Waals surface area contributed by atoms with Gasteiger partial charge >= 0.3 is 5.91 Å². The number of rotatable bonds is 16. The Hall–Kier alpha value is -0.410. The van der Waals surface area contributed by atoms with Gasteiger partial charge in [0.1, 0.15) is 6.17 Å². The molecule has 0 bridgehead atoms. The zero-order valence-electron chi connectivity index (χ0n) is 17.1. The van der Waals surface area contributed by atoms with Crippen molar-refractivity contribution in [1.82, 2.24) is 0 Å². The summed E-state index contributed by atoms with van der Waals surface area (Å²) >= 11 is 0. The minimum absolute atomic E-state index is 0.0699. The highest BCUT2D eigenvalue weighted by molar-refractivity contribution is 5.68. The number of hydrogen-bond acceptors (Lipinski definition) is 2. The maximum absolute atomic E-state index is 12.3. The minimum Gasteiger partial charge on any atom is -0.281 e. The molecular weight excluding hydrogens is 296 g/mol. The molecule has 0 heterocycles. The number of nitrogens with two attached hydrogens (primary N) is 1. The molecule has 0 aromatic heterocycles. The zero-order valence-corrected chi connectivity index (χ0v) is 17.1. The third-order valence-electron chi connectivity index (χ3n) is 5.38. The Kier molecular flexibility index (Phi) is 14.6. The first kappa shape index (κ1) is 23.6. The molecule has 1 atom stereocenters. The van der Waals surface area contributed by atoms with Crippen LogP contribution in [0, 0.1) is 0 Å². The van der Waals surface area contributed by atoms with E-state index in [2.05, 4.69) is 6.92 Å². The molecule has 24 heavy (non-hydrogen) atoms. The van der Waals surface area contributed by atoms with Crippen LogP contribution in [0.4, 0.5) is 0 Å². The molecule has 144 valence electrons. The van der Waals surface area contributed by atoms with Crippen molar-refractivity contribution in [2.75, 3.05) is 14.1 Å². The van der Waals surface area contributed by atoms with Gasteiger partial charge in [0.2, 0.25) is 0 Å². The second-order valence-corrected chi connectivity index (χ2v) is 7.90. The second kappa shape index (κ2) is 14.9. The van der Waals surface area contributed by atoms with Gasteiger partial charge in [0, 0.05) is 6.42 Å². The third kappa shape index (κ3) is 11.2. The highest BCUT2D eigenvalue weighted by atomic mass is 16.2. The van der Waals surface area contributed by atoms with E-state index in [1.807, 2.05) is 21.0 Å². The van der Waals surface area contributed by atoms with Crippen LogP contribution in [0.1, 0.15) is 110 Å². The van der Waals surface area contributed by atoms with Crippen molar-refractivity contribution in [2.24, 2.45) is 5.73 Å². The van der Waals surface area contributed by atoms with Crippen LogP contribution in [0.25, 0.3) is 0 Å². The molecule has 0 spiro atoms. The molecule has 0 aliphatic rings. The Bertz CT molecular complexity index is 302. The first-order chi connectivity index (χ1) is 11.5. The van der Waals surface area contributed by atoms with Crippen LogP contribution in [-0.2, 0) is 4.79 Å². The zero-order chi connectivity index (χ0) is 18.3. The van der Waals surface area contributed by atoms with Crippen molar-refractivity contribution in [3.05, 3.63) is 0 Å². The summed E-state index contributed by atoms with van der Waals surface area (Å²) in [5, 5.41) is 0. The van der Waals surface area contributed by atoms with E-state index in [1.54, 1.807) is 0 Å². The molecule has 0 aromatic carbocycles. The van der Waals surface area contributed by atoms with Crippen LogP contribution in [0.15, 0.2) is 0 Å². The van der Waals surface area contributed by atoms with E-state index in [9.17, 15) is 4.79 Å². The summed E-state index contributed by atoms with van der Waals surface area (Å²) in [5.74, 6) is 0.285. The van der Waals surface area contributed by atoms with Gasteiger partial charge in [0.15, 0.2) is 0 Å². The molecule has 0 radical (unpaired) electrons. The summed E-state index contributed by atoms with van der Waals surface area (Å²) in [4.78, 5) is 12.3. The van der Waals surface area contributed by atoms with Crippen molar-refractivity contribution < 1.29 is 9.28 Å². The monoisotopic (exact) mass is 341 g/mol. The summed E-state index contributed by atoms with van der Waals surface area (Å²) in [6.07, 6.45) is 18.9. The number of quaternary nitrogens is 1. The smallest absolute Gasteiger partial charge is 0.281 e. The van der Waals surface area contributed by atoms with Crippen LogP contribution >= 0.6 is 0 Å². The molecule has 0 saturated carbocycles. The fourth-order valence-corrected chi connectivity index (χ4v) is 3.22. The molecule has 0 aliphatic carbocycles. The number of carbonyl (C=O) groups is 1. The van der Waals surface area contributed by atoms with Gasteiger partial charge in [-0.3, -0.25) is 10.2 Å². The molecule has 0 rings (SSSR count). The van der Waals surface area contributed by atoms with Crippen LogP contribution in [-0.4, -0.2) is 30.7 Å². The van der Waals surface area contributed by atoms with Crippen molar-refractivity contribution in [3.63, 3.8) is 0 Å². The van der Waals surface area contributed by atoms with Gasteiger partial charge in [-0.15, -0.1) is 0 Å². The van der Waals surface area contributed by atoms with E-state index < -0.39 is 0 Å². The summed E-state index contributed by atoms with van der Waals surface area (Å²) in [5.41, 5.74) is 6.05. The quantitative estimate of drug-likeness (QED) is 0.220. The number of amides is 1. The molecule has 1 unspecified atom stereocenters. The molecule has 0 aromatic rings. The van der Waals surface area contributed by atoms with Crippen molar-refractivity contribution in [1.29, 1.82) is 0 Å². The van der Waals surface area contributed by atoms with E-state index in [1.165, 1.54) is 77.0 Å². The largest absolute Gasteiger partial charge is 0.314 e. The number of unbranched alkanes of at least 4 members (excludes halogenated alkanes) is 12. The van der Waals surface area contributed by atoms with Crippen molar-refractivity contribution in [3.8, 4) is 0 Å². The Morgan fingerprint density at radius 3 is 1.50 bits per heavy atom. The Morgan fingerprint density at radius 2 is 1.12 bits per heavy atom. The van der Waals surface area contributed by atoms with Gasteiger partial charge in [0.25, 0.3) is 0 Å². The highest BCUT2D eigenvalue weighted by Crippen LogP contribution is 2.15. The van der Waals surface area contributed by atoms with Crippen LogP contribution in [0.5, 0.6) is 0 Å². The molecule has 1 amide bonds. The fourth-order valence-electron chi connectivity index (χ4n) is 3.22. The lowest BCUT2D eigenvalue weighted by Crippen LogP contribution is -2.57. The fraction of sp³-hybridized carbons (Fsp3) is 0.952. The van der Waals surface area contributed by atoms with Gasteiger partial charge < -0.3 is 0 Å². The number of carbonyl (C=O) groups excluding carboxylic acids is 1. The van der Waals surface area contributed by atoms with Crippen LogP contribution in [0.2, 0.25) is 0 Å². The van der Waals surface area contributed by atoms with Gasteiger partial charge in [-0.1, -0.05) is 90.9 Å². The van der Waals surface area contributed by atoms with E-state index in [4.69, 9.17) is 5.73 Å². The summed E-state index contributed by atoms with van der Waals surface area (Å²) in [6, 6.07) is 0. The number of nitrogens with zero attached hydrogens (tertiary/aromatic N) is 1. The Morgan fingerprint density at radius 1 is 0.750 bits per heavy atom. The van der Waals surface area contributed by atoms with Crippen LogP contribution < -0.4 is 5.73 Å². The molecule has 0 fully saturated rings. The van der Waals surface area contributed by atoms with E-state index in [-0.39, 0.29) is 12.1 Å². The van der Waals surface area contributed by atoms with Crippen LogP contribution in [0.3, 0.4) is 0 Å². The lowest BCUT2D eigenvalue weighted by atomic mass is 10.0. The summed E-state index contributed by atoms with van der Waals surface area (Å²) < 4.78 is 0.328. The topological polar surface area (TPSA) is 43.1 Å². The van der Waals surface area contributed by atoms with E-state index >= 15 is 0 Å². The standard InChI is InChI=1S/C21H45N2O/c1-5-7-8-9-10-11-12-13-14-15-16-17-18-19-21(24)23(3,4)20(22)6-2/h20H,5-19,22H2,1-4H3/q+1. The van der Waals surface area contributed by atoms with E-state index in [0.29, 0.717) is 10.9 Å². The highest BCUT2D eigenvalue weighted by Gasteiger charge is 2.31. The maximum Gasteiger partial charge on any atom is 0.314 e. The SMILES string of the molecule is CCCCCCCCCCCCCCCC(=O)[N+](C)(C)C(N)CC. The molecule has 3 heteroatoms. The summed E-state index contributed by atoms with van der Waals surface area (Å²) in [7, 11) is 3.89. The second-order valence-electron chi connectivity index (χ2n) is 7.90. The Labute approximate surface area is 152 Å². The lowest BCUT2D eigenvalue weighted by molar-refractivity contribution is -0.841. The van der Waals surface area contributed by atoms with Gasteiger partial charge in [-0.25, -0.2) is 4.79 Å². The van der Waals surface area contributed by atoms with Gasteiger partial charge in [-0.05, 0) is 6.42 Å². The lowest BCUT2D eigenvalue weighted by Gasteiger charge is -2.32. The first-order valence-corrected chi connectivity index (χ1v) is 10.6. The minimum atomic E-state index is -0.0699. The normalized spacial score (nSPS) is 13.2.